The second kappa shape index (κ2) is 15.2. The van der Waals surface area contributed by atoms with Crippen LogP contribution in [0.3, 0.4) is 0 Å². The molecular formula is C13H28O4S. The van der Waals surface area contributed by atoms with E-state index in [0.29, 0.717) is 45.6 Å². The third-order valence-electron chi connectivity index (χ3n) is 2.55. The maximum absolute atomic E-state index is 5.48. The van der Waals surface area contributed by atoms with Gasteiger partial charge in [0.25, 0.3) is 0 Å². The first-order valence-electron chi connectivity index (χ1n) is 6.64. The van der Waals surface area contributed by atoms with Crippen molar-refractivity contribution >= 4 is 12.6 Å². The highest BCUT2D eigenvalue weighted by molar-refractivity contribution is 7.80. The first kappa shape index (κ1) is 18.2. The van der Waals surface area contributed by atoms with Gasteiger partial charge in [-0.05, 0) is 24.5 Å². The van der Waals surface area contributed by atoms with Crippen molar-refractivity contribution in [2.24, 2.45) is 5.92 Å². The highest BCUT2D eigenvalue weighted by Gasteiger charge is 2.00. The van der Waals surface area contributed by atoms with Crippen molar-refractivity contribution in [3.8, 4) is 0 Å². The van der Waals surface area contributed by atoms with Crippen LogP contribution in [-0.2, 0) is 18.9 Å². The lowest BCUT2D eigenvalue weighted by Gasteiger charge is -2.10. The first-order valence-corrected chi connectivity index (χ1v) is 7.27. The summed E-state index contributed by atoms with van der Waals surface area (Å²) in [5, 5.41) is 0. The van der Waals surface area contributed by atoms with Gasteiger partial charge in [-0.2, -0.15) is 12.6 Å². The SMILES string of the molecule is COCCOCCOCCOCCC(C)CCS. The molecular weight excluding hydrogens is 252 g/mol. The van der Waals surface area contributed by atoms with Crippen LogP contribution < -0.4 is 0 Å². The van der Waals surface area contributed by atoms with Crippen LogP contribution in [0, 0.1) is 5.92 Å². The van der Waals surface area contributed by atoms with Crippen LogP contribution in [0.5, 0.6) is 0 Å². The molecule has 0 radical (unpaired) electrons. The number of hydrogen-bond acceptors (Lipinski definition) is 5. The smallest absolute Gasteiger partial charge is 0.0701 e. The molecule has 0 saturated heterocycles. The van der Waals surface area contributed by atoms with Crippen molar-refractivity contribution in [3.63, 3.8) is 0 Å². The van der Waals surface area contributed by atoms with E-state index in [1.165, 1.54) is 0 Å². The van der Waals surface area contributed by atoms with Crippen molar-refractivity contribution in [1.29, 1.82) is 0 Å². The highest BCUT2D eigenvalue weighted by Crippen LogP contribution is 2.07. The third kappa shape index (κ3) is 14.3. The fraction of sp³-hybridized carbons (Fsp3) is 1.00. The zero-order valence-corrected chi connectivity index (χ0v) is 12.6. The predicted molar refractivity (Wildman–Crippen MR) is 76.6 cm³/mol. The summed E-state index contributed by atoms with van der Waals surface area (Å²) in [6, 6.07) is 0. The average molecular weight is 280 g/mol. The Kier molecular flexibility index (Phi) is 15.4. The molecule has 0 N–H and O–H groups in total. The van der Waals surface area contributed by atoms with Crippen LogP contribution in [0.2, 0.25) is 0 Å². The molecule has 0 saturated carbocycles. The fourth-order valence-electron chi connectivity index (χ4n) is 1.33. The molecule has 0 aliphatic carbocycles. The Morgan fingerprint density at radius 3 is 1.78 bits per heavy atom. The van der Waals surface area contributed by atoms with Crippen molar-refractivity contribution in [2.45, 2.75) is 19.8 Å². The quantitative estimate of drug-likeness (QED) is 0.390. The lowest BCUT2D eigenvalue weighted by Crippen LogP contribution is -2.12. The Balaban J connectivity index is 2.98. The molecule has 0 heterocycles. The molecule has 1 atom stereocenters. The Morgan fingerprint density at radius 1 is 0.778 bits per heavy atom. The number of thiol groups is 1. The van der Waals surface area contributed by atoms with Gasteiger partial charge in [-0.3, -0.25) is 0 Å². The molecule has 0 aliphatic rings. The van der Waals surface area contributed by atoms with Crippen LogP contribution in [0.4, 0.5) is 0 Å². The molecule has 0 bridgehead atoms. The zero-order chi connectivity index (χ0) is 13.5. The van der Waals surface area contributed by atoms with Crippen molar-refractivity contribution < 1.29 is 18.9 Å². The van der Waals surface area contributed by atoms with Crippen molar-refractivity contribution in [1.82, 2.24) is 0 Å². The molecule has 18 heavy (non-hydrogen) atoms. The summed E-state index contributed by atoms with van der Waals surface area (Å²) < 4.78 is 21.0. The van der Waals surface area contributed by atoms with Crippen LogP contribution >= 0.6 is 12.6 Å². The van der Waals surface area contributed by atoms with Crippen LogP contribution in [-0.4, -0.2) is 59.1 Å². The number of ether oxygens (including phenoxy) is 4. The number of methoxy groups -OCH3 is 1. The van der Waals surface area contributed by atoms with E-state index in [2.05, 4.69) is 19.6 Å². The standard InChI is InChI=1S/C13H28O4S/c1-13(4-12-18)3-5-15-8-9-17-11-10-16-7-6-14-2/h13,18H,3-12H2,1-2H3. The van der Waals surface area contributed by atoms with E-state index in [0.717, 1.165) is 25.2 Å². The average Bonchev–Trinajstić information content (AvgIpc) is 2.36. The van der Waals surface area contributed by atoms with Gasteiger partial charge in [0.1, 0.15) is 0 Å². The Morgan fingerprint density at radius 2 is 1.28 bits per heavy atom. The summed E-state index contributed by atoms with van der Waals surface area (Å²) in [5.41, 5.74) is 0. The second-order valence-corrected chi connectivity index (χ2v) is 4.68. The number of rotatable bonds is 14. The van der Waals surface area contributed by atoms with Gasteiger partial charge in [0, 0.05) is 13.7 Å². The summed E-state index contributed by atoms with van der Waals surface area (Å²) in [5.74, 6) is 1.64. The Hall–Kier alpha value is 0.190. The van der Waals surface area contributed by atoms with E-state index in [1.807, 2.05) is 0 Å². The van der Waals surface area contributed by atoms with Gasteiger partial charge in [-0.1, -0.05) is 6.92 Å². The lowest BCUT2D eigenvalue weighted by molar-refractivity contribution is 0.00231. The molecule has 0 aliphatic heterocycles. The van der Waals surface area contributed by atoms with Gasteiger partial charge in [0.2, 0.25) is 0 Å². The molecule has 0 amide bonds. The van der Waals surface area contributed by atoms with Gasteiger partial charge < -0.3 is 18.9 Å². The second-order valence-electron chi connectivity index (χ2n) is 4.24. The first-order chi connectivity index (χ1) is 8.81. The molecule has 0 aromatic heterocycles. The third-order valence-corrected chi connectivity index (χ3v) is 2.81. The minimum atomic E-state index is 0.613. The largest absolute Gasteiger partial charge is 0.382 e. The minimum Gasteiger partial charge on any atom is -0.382 e. The normalized spacial score (nSPS) is 12.8. The van der Waals surface area contributed by atoms with E-state index in [9.17, 15) is 0 Å². The lowest BCUT2D eigenvalue weighted by atomic mass is 10.1. The fourth-order valence-corrected chi connectivity index (χ4v) is 1.77. The summed E-state index contributed by atoms with van der Waals surface area (Å²) in [6.07, 6.45) is 2.25. The summed E-state index contributed by atoms with van der Waals surface area (Å²) in [7, 11) is 1.66. The maximum Gasteiger partial charge on any atom is 0.0701 e. The monoisotopic (exact) mass is 280 g/mol. The zero-order valence-electron chi connectivity index (χ0n) is 11.7. The van der Waals surface area contributed by atoms with Gasteiger partial charge in [0.15, 0.2) is 0 Å². The summed E-state index contributed by atoms with van der Waals surface area (Å²) in [4.78, 5) is 0. The van der Waals surface area contributed by atoms with Crippen molar-refractivity contribution in [3.05, 3.63) is 0 Å². The van der Waals surface area contributed by atoms with Crippen molar-refractivity contribution in [2.75, 3.05) is 59.1 Å². The molecule has 0 aromatic carbocycles. The van der Waals surface area contributed by atoms with Gasteiger partial charge in [-0.25, -0.2) is 0 Å². The van der Waals surface area contributed by atoms with E-state index in [1.54, 1.807) is 7.11 Å². The van der Waals surface area contributed by atoms with Crippen LogP contribution in [0.15, 0.2) is 0 Å². The molecule has 0 aromatic rings. The van der Waals surface area contributed by atoms with E-state index in [-0.39, 0.29) is 0 Å². The van der Waals surface area contributed by atoms with Crippen LogP contribution in [0.25, 0.3) is 0 Å². The molecule has 4 nitrogen and oxygen atoms in total. The van der Waals surface area contributed by atoms with E-state index >= 15 is 0 Å². The van der Waals surface area contributed by atoms with Gasteiger partial charge in [0.05, 0.1) is 39.6 Å². The Labute approximate surface area is 117 Å². The summed E-state index contributed by atoms with van der Waals surface area (Å²) >= 11 is 4.21. The van der Waals surface area contributed by atoms with Crippen LogP contribution in [0.1, 0.15) is 19.8 Å². The Bertz CT molecular complexity index is 158. The summed E-state index contributed by atoms with van der Waals surface area (Å²) in [6.45, 7) is 6.81. The molecule has 0 fully saturated rings. The highest BCUT2D eigenvalue weighted by atomic mass is 32.1. The van der Waals surface area contributed by atoms with E-state index < -0.39 is 0 Å². The number of hydrogen-bond donors (Lipinski definition) is 1. The molecule has 1 unspecified atom stereocenters. The maximum atomic E-state index is 5.48. The molecule has 0 spiro atoms. The van der Waals surface area contributed by atoms with E-state index in [4.69, 9.17) is 18.9 Å². The van der Waals surface area contributed by atoms with Gasteiger partial charge >= 0.3 is 0 Å². The molecule has 0 rings (SSSR count). The predicted octanol–water partition coefficient (Wildman–Crippen LogP) is 2.03. The topological polar surface area (TPSA) is 36.9 Å². The molecule has 5 heteroatoms. The van der Waals surface area contributed by atoms with Gasteiger partial charge in [-0.15, -0.1) is 0 Å². The molecule has 110 valence electrons. The minimum absolute atomic E-state index is 0.613.